The second-order valence-corrected chi connectivity index (χ2v) is 6.99. The third-order valence-electron chi connectivity index (χ3n) is 6.04. The normalized spacial score (nSPS) is 49.5. The first-order chi connectivity index (χ1) is 8.83. The molecular weight excluding hydrogens is 224 g/mol. The van der Waals surface area contributed by atoms with Gasteiger partial charge in [-0.25, -0.2) is 0 Å². The molecule has 4 rings (SSSR count). The predicted molar refractivity (Wildman–Crippen MR) is 71.2 cm³/mol. The summed E-state index contributed by atoms with van der Waals surface area (Å²) in [6, 6.07) is 1.53. The number of nitrogens with zero attached hydrogens (tertiary/aromatic N) is 2. The number of piperidine rings is 4. The zero-order valence-corrected chi connectivity index (χ0v) is 11.3. The van der Waals surface area contributed by atoms with E-state index in [-0.39, 0.29) is 6.23 Å². The molecule has 3 heteroatoms. The zero-order valence-electron chi connectivity index (χ0n) is 11.3. The molecule has 0 aromatic rings. The van der Waals surface area contributed by atoms with Gasteiger partial charge in [0.25, 0.3) is 0 Å². The fourth-order valence-corrected chi connectivity index (χ4v) is 5.27. The molecule has 4 aliphatic heterocycles. The molecular formula is C15H26N2O. The number of hydrogen-bond acceptors (Lipinski definition) is 3. The predicted octanol–water partition coefficient (Wildman–Crippen LogP) is 1.66. The van der Waals surface area contributed by atoms with Gasteiger partial charge in [0.2, 0.25) is 0 Å². The Hall–Kier alpha value is -0.120. The van der Waals surface area contributed by atoms with Crippen molar-refractivity contribution in [2.45, 2.75) is 63.3 Å². The van der Waals surface area contributed by atoms with Crippen molar-refractivity contribution in [3.05, 3.63) is 0 Å². The van der Waals surface area contributed by atoms with E-state index in [2.05, 4.69) is 9.80 Å². The van der Waals surface area contributed by atoms with Crippen molar-refractivity contribution in [2.75, 3.05) is 19.6 Å². The van der Waals surface area contributed by atoms with E-state index in [1.165, 1.54) is 58.2 Å². The van der Waals surface area contributed by atoms with Crippen molar-refractivity contribution in [3.63, 3.8) is 0 Å². The first kappa shape index (κ1) is 11.7. The van der Waals surface area contributed by atoms with Gasteiger partial charge in [-0.05, 0) is 56.9 Å². The molecule has 0 amide bonds. The van der Waals surface area contributed by atoms with E-state index in [1.54, 1.807) is 0 Å². The lowest BCUT2D eigenvalue weighted by molar-refractivity contribution is -0.140. The Balaban J connectivity index is 1.58. The molecule has 5 atom stereocenters. The summed E-state index contributed by atoms with van der Waals surface area (Å²) in [7, 11) is 0. The zero-order chi connectivity index (χ0) is 12.1. The molecule has 3 nitrogen and oxygen atoms in total. The van der Waals surface area contributed by atoms with Gasteiger partial charge < -0.3 is 5.11 Å². The van der Waals surface area contributed by atoms with Gasteiger partial charge in [0.05, 0.1) is 0 Å². The minimum Gasteiger partial charge on any atom is -0.378 e. The van der Waals surface area contributed by atoms with Gasteiger partial charge in [-0.2, -0.15) is 0 Å². The van der Waals surface area contributed by atoms with Crippen LogP contribution in [-0.2, 0) is 0 Å². The van der Waals surface area contributed by atoms with Gasteiger partial charge in [0.15, 0.2) is 0 Å². The standard InChI is InChI=1S/C15H26N2O/c18-15-6-3-5-14-11-8-12(10-17(14)15)13-4-1-2-7-16(13)9-11/h11-15,18H,1-10H2/t11-,12-,13-,14+,15-/m0/s1. The smallest absolute Gasteiger partial charge is 0.107 e. The first-order valence-electron chi connectivity index (χ1n) is 8.01. The molecule has 0 radical (unpaired) electrons. The van der Waals surface area contributed by atoms with E-state index in [0.29, 0.717) is 6.04 Å². The fourth-order valence-electron chi connectivity index (χ4n) is 5.27. The molecule has 0 aliphatic carbocycles. The molecule has 0 unspecified atom stereocenters. The largest absolute Gasteiger partial charge is 0.378 e. The lowest BCUT2D eigenvalue weighted by Crippen LogP contribution is -2.65. The summed E-state index contributed by atoms with van der Waals surface area (Å²) in [5.74, 6) is 1.68. The van der Waals surface area contributed by atoms with Gasteiger partial charge in [0, 0.05) is 25.2 Å². The van der Waals surface area contributed by atoms with E-state index in [1.807, 2.05) is 0 Å². The van der Waals surface area contributed by atoms with Crippen LogP contribution in [0.1, 0.15) is 44.9 Å². The van der Waals surface area contributed by atoms with Crippen molar-refractivity contribution in [2.24, 2.45) is 11.8 Å². The third-order valence-corrected chi connectivity index (χ3v) is 6.04. The molecule has 0 aromatic carbocycles. The minimum absolute atomic E-state index is 0.135. The van der Waals surface area contributed by atoms with Crippen LogP contribution in [0.25, 0.3) is 0 Å². The summed E-state index contributed by atoms with van der Waals surface area (Å²) in [5.41, 5.74) is 0. The lowest BCUT2D eigenvalue weighted by Gasteiger charge is -2.58. The summed E-state index contributed by atoms with van der Waals surface area (Å²) in [5, 5.41) is 10.3. The number of rotatable bonds is 0. The highest BCUT2D eigenvalue weighted by Gasteiger charge is 2.48. The second-order valence-electron chi connectivity index (χ2n) is 6.99. The average Bonchev–Trinajstić information content (AvgIpc) is 2.40. The molecule has 0 aromatic heterocycles. The highest BCUT2D eigenvalue weighted by atomic mass is 16.3. The molecule has 2 bridgehead atoms. The summed E-state index contributed by atoms with van der Waals surface area (Å²) in [4.78, 5) is 5.26. The average molecular weight is 250 g/mol. The van der Waals surface area contributed by atoms with Crippen LogP contribution in [-0.4, -0.2) is 52.9 Å². The molecule has 102 valence electrons. The molecule has 4 saturated heterocycles. The number of aliphatic hydroxyl groups excluding tert-OH is 1. The Morgan fingerprint density at radius 2 is 1.67 bits per heavy atom. The summed E-state index contributed by atoms with van der Waals surface area (Å²) >= 11 is 0. The Morgan fingerprint density at radius 1 is 0.833 bits per heavy atom. The topological polar surface area (TPSA) is 26.7 Å². The quantitative estimate of drug-likeness (QED) is 0.708. The monoisotopic (exact) mass is 250 g/mol. The Bertz CT molecular complexity index is 322. The first-order valence-corrected chi connectivity index (χ1v) is 8.01. The molecule has 18 heavy (non-hydrogen) atoms. The van der Waals surface area contributed by atoms with Crippen molar-refractivity contribution in [1.29, 1.82) is 0 Å². The Morgan fingerprint density at radius 3 is 2.61 bits per heavy atom. The maximum atomic E-state index is 10.3. The Labute approximate surface area is 110 Å². The fraction of sp³-hybridized carbons (Fsp3) is 1.00. The van der Waals surface area contributed by atoms with Crippen LogP contribution >= 0.6 is 0 Å². The molecule has 0 saturated carbocycles. The van der Waals surface area contributed by atoms with Crippen molar-refractivity contribution >= 4 is 0 Å². The second kappa shape index (κ2) is 4.46. The minimum atomic E-state index is -0.135. The highest BCUT2D eigenvalue weighted by Crippen LogP contribution is 2.43. The van der Waals surface area contributed by atoms with Gasteiger partial charge in [-0.15, -0.1) is 0 Å². The number of fused-ring (bicyclic) bond motifs is 6. The van der Waals surface area contributed by atoms with Crippen LogP contribution in [0.2, 0.25) is 0 Å². The van der Waals surface area contributed by atoms with Gasteiger partial charge in [0.1, 0.15) is 6.23 Å². The third kappa shape index (κ3) is 1.75. The summed E-state index contributed by atoms with van der Waals surface area (Å²) in [6.07, 6.45) is 9.11. The van der Waals surface area contributed by atoms with Crippen molar-refractivity contribution in [1.82, 2.24) is 9.80 Å². The van der Waals surface area contributed by atoms with E-state index in [9.17, 15) is 5.11 Å². The van der Waals surface area contributed by atoms with Crippen LogP contribution in [0, 0.1) is 11.8 Å². The maximum absolute atomic E-state index is 10.3. The van der Waals surface area contributed by atoms with Crippen LogP contribution in [0.5, 0.6) is 0 Å². The lowest BCUT2D eigenvalue weighted by atomic mass is 9.71. The van der Waals surface area contributed by atoms with Crippen LogP contribution in [0.15, 0.2) is 0 Å². The van der Waals surface area contributed by atoms with E-state index >= 15 is 0 Å². The highest BCUT2D eigenvalue weighted by molar-refractivity contribution is 5.01. The van der Waals surface area contributed by atoms with Gasteiger partial charge >= 0.3 is 0 Å². The summed E-state index contributed by atoms with van der Waals surface area (Å²) < 4.78 is 0. The molecule has 4 aliphatic rings. The van der Waals surface area contributed by atoms with Gasteiger partial charge in [-0.3, -0.25) is 9.80 Å². The van der Waals surface area contributed by atoms with Crippen LogP contribution in [0.3, 0.4) is 0 Å². The number of aliphatic hydroxyl groups is 1. The van der Waals surface area contributed by atoms with E-state index < -0.39 is 0 Å². The SMILES string of the molecule is O[C@H]1CCC[C@@H]2[C@H]3C[C@@H](CN21)[C@@H]1CCCCN1C3. The molecule has 1 N–H and O–H groups in total. The molecule has 0 spiro atoms. The van der Waals surface area contributed by atoms with Crippen LogP contribution in [0.4, 0.5) is 0 Å². The van der Waals surface area contributed by atoms with E-state index in [0.717, 1.165) is 24.3 Å². The summed E-state index contributed by atoms with van der Waals surface area (Å²) in [6.45, 7) is 3.82. The molecule has 4 heterocycles. The van der Waals surface area contributed by atoms with Crippen molar-refractivity contribution in [3.8, 4) is 0 Å². The van der Waals surface area contributed by atoms with Gasteiger partial charge in [-0.1, -0.05) is 6.42 Å². The number of hydrogen-bond donors (Lipinski definition) is 1. The maximum Gasteiger partial charge on any atom is 0.107 e. The van der Waals surface area contributed by atoms with Crippen molar-refractivity contribution < 1.29 is 5.11 Å². The van der Waals surface area contributed by atoms with Crippen LogP contribution < -0.4 is 0 Å². The Kier molecular flexibility index (Phi) is 2.90. The molecule has 4 fully saturated rings. The van der Waals surface area contributed by atoms with E-state index in [4.69, 9.17) is 0 Å².